The number of hydrogen-bond acceptors (Lipinski definition) is 0. The van der Waals surface area contributed by atoms with Crippen molar-refractivity contribution in [3.8, 4) is 0 Å². The summed E-state index contributed by atoms with van der Waals surface area (Å²) in [6.07, 6.45) is 0. The van der Waals surface area contributed by atoms with Crippen LogP contribution in [-0.2, 0) is 0 Å². The fraction of sp³-hybridized carbons (Fsp3) is 0.0667. The van der Waals surface area contributed by atoms with Crippen molar-refractivity contribution in [1.82, 2.24) is 0 Å². The SMILES string of the molecule is C=C(C)P(c1ccccc1)c1ccccc1. The number of benzene rings is 2. The van der Waals surface area contributed by atoms with Crippen molar-refractivity contribution in [2.24, 2.45) is 0 Å². The quantitative estimate of drug-likeness (QED) is 0.701. The highest BCUT2D eigenvalue weighted by atomic mass is 31.1. The highest BCUT2D eigenvalue weighted by Gasteiger charge is 2.13. The third-order valence-electron chi connectivity index (χ3n) is 2.41. The van der Waals surface area contributed by atoms with Gasteiger partial charge in [0.25, 0.3) is 0 Å². The van der Waals surface area contributed by atoms with Crippen molar-refractivity contribution in [3.63, 3.8) is 0 Å². The van der Waals surface area contributed by atoms with Gasteiger partial charge in [0, 0.05) is 0 Å². The van der Waals surface area contributed by atoms with Gasteiger partial charge in [-0.2, -0.15) is 0 Å². The number of hydrogen-bond donors (Lipinski definition) is 0. The summed E-state index contributed by atoms with van der Waals surface area (Å²) in [4.78, 5) is 0. The minimum absolute atomic E-state index is 0.404. The van der Waals surface area contributed by atoms with Crippen LogP contribution in [0, 0.1) is 0 Å². The monoisotopic (exact) mass is 226 g/mol. The average molecular weight is 226 g/mol. The van der Waals surface area contributed by atoms with E-state index in [1.54, 1.807) is 0 Å². The van der Waals surface area contributed by atoms with Crippen LogP contribution in [0.2, 0.25) is 0 Å². The molecule has 0 bridgehead atoms. The normalized spacial score (nSPS) is 10.4. The maximum absolute atomic E-state index is 4.14. The van der Waals surface area contributed by atoms with E-state index in [1.807, 2.05) is 0 Å². The Morgan fingerprint density at radius 2 is 1.19 bits per heavy atom. The third-order valence-corrected chi connectivity index (χ3v) is 4.80. The largest absolute Gasteiger partial charge is 0.0950 e. The lowest BCUT2D eigenvalue weighted by Gasteiger charge is -2.18. The molecule has 2 rings (SSSR count). The van der Waals surface area contributed by atoms with Crippen molar-refractivity contribution in [3.05, 3.63) is 72.6 Å². The Kier molecular flexibility index (Phi) is 3.54. The second-order valence-corrected chi connectivity index (χ2v) is 6.21. The van der Waals surface area contributed by atoms with Crippen LogP contribution >= 0.6 is 7.92 Å². The molecule has 0 atom stereocenters. The standard InChI is InChI=1S/C15H15P/c1-13(2)16(14-9-5-3-6-10-14)15-11-7-4-8-12-15/h3-12H,1H2,2H3. The molecule has 0 aliphatic rings. The lowest BCUT2D eigenvalue weighted by atomic mass is 10.4. The Morgan fingerprint density at radius 3 is 1.50 bits per heavy atom. The first-order valence-corrected chi connectivity index (χ1v) is 6.69. The van der Waals surface area contributed by atoms with Crippen LogP contribution in [0.4, 0.5) is 0 Å². The van der Waals surface area contributed by atoms with Gasteiger partial charge in [-0.15, -0.1) is 0 Å². The van der Waals surface area contributed by atoms with E-state index >= 15 is 0 Å². The molecule has 0 saturated heterocycles. The van der Waals surface area contributed by atoms with Crippen molar-refractivity contribution >= 4 is 18.5 Å². The molecular weight excluding hydrogens is 211 g/mol. The second-order valence-electron chi connectivity index (χ2n) is 3.74. The topological polar surface area (TPSA) is 0 Å². The predicted molar refractivity (Wildman–Crippen MR) is 73.9 cm³/mol. The van der Waals surface area contributed by atoms with E-state index in [0.717, 1.165) is 0 Å². The molecule has 0 heterocycles. The Balaban J connectivity index is 2.44. The summed E-state index contributed by atoms with van der Waals surface area (Å²) >= 11 is 0. The lowest BCUT2D eigenvalue weighted by molar-refractivity contribution is 1.68. The van der Waals surface area contributed by atoms with E-state index in [2.05, 4.69) is 74.2 Å². The summed E-state index contributed by atoms with van der Waals surface area (Å²) in [6, 6.07) is 21.2. The summed E-state index contributed by atoms with van der Waals surface area (Å²) in [5, 5.41) is 3.99. The van der Waals surface area contributed by atoms with Crippen LogP contribution in [0.1, 0.15) is 6.92 Å². The fourth-order valence-corrected chi connectivity index (χ4v) is 3.86. The molecule has 0 aliphatic carbocycles. The van der Waals surface area contributed by atoms with Gasteiger partial charge in [-0.1, -0.05) is 67.2 Å². The van der Waals surface area contributed by atoms with E-state index in [4.69, 9.17) is 0 Å². The van der Waals surface area contributed by atoms with Gasteiger partial charge in [0.05, 0.1) is 0 Å². The molecule has 0 saturated carbocycles. The Bertz CT molecular complexity index is 420. The lowest BCUT2D eigenvalue weighted by Crippen LogP contribution is -2.11. The van der Waals surface area contributed by atoms with E-state index in [1.165, 1.54) is 15.9 Å². The van der Waals surface area contributed by atoms with E-state index in [-0.39, 0.29) is 0 Å². The number of rotatable bonds is 3. The minimum atomic E-state index is -0.404. The minimum Gasteiger partial charge on any atom is -0.0950 e. The molecule has 0 aromatic heterocycles. The van der Waals surface area contributed by atoms with Gasteiger partial charge in [0.2, 0.25) is 0 Å². The molecular formula is C15H15P. The summed E-state index contributed by atoms with van der Waals surface area (Å²) in [7, 11) is -0.404. The summed E-state index contributed by atoms with van der Waals surface area (Å²) in [5.41, 5.74) is 0. The van der Waals surface area contributed by atoms with Crippen LogP contribution in [-0.4, -0.2) is 0 Å². The molecule has 0 aliphatic heterocycles. The zero-order chi connectivity index (χ0) is 11.4. The first kappa shape index (κ1) is 11.1. The van der Waals surface area contributed by atoms with E-state index < -0.39 is 7.92 Å². The summed E-state index contributed by atoms with van der Waals surface area (Å²) < 4.78 is 0. The molecule has 0 radical (unpaired) electrons. The molecule has 0 spiro atoms. The maximum atomic E-state index is 4.14. The Hall–Kier alpha value is -1.39. The van der Waals surface area contributed by atoms with Crippen LogP contribution in [0.15, 0.2) is 72.6 Å². The predicted octanol–water partition coefficient (Wildman–Crippen LogP) is 3.65. The van der Waals surface area contributed by atoms with Crippen molar-refractivity contribution in [2.75, 3.05) is 0 Å². The van der Waals surface area contributed by atoms with Crippen molar-refractivity contribution < 1.29 is 0 Å². The zero-order valence-corrected chi connectivity index (χ0v) is 10.3. The van der Waals surface area contributed by atoms with Gasteiger partial charge < -0.3 is 0 Å². The smallest absolute Gasteiger partial charge is 0.0154 e. The van der Waals surface area contributed by atoms with Gasteiger partial charge >= 0.3 is 0 Å². The Morgan fingerprint density at radius 1 is 0.812 bits per heavy atom. The van der Waals surface area contributed by atoms with E-state index in [9.17, 15) is 0 Å². The number of allylic oxidation sites excluding steroid dienone is 1. The highest BCUT2D eigenvalue weighted by molar-refractivity contribution is 7.76. The first-order valence-electron chi connectivity index (χ1n) is 5.35. The van der Waals surface area contributed by atoms with Crippen LogP contribution < -0.4 is 10.6 Å². The fourth-order valence-electron chi connectivity index (χ4n) is 1.74. The molecule has 80 valence electrons. The Labute approximate surface area is 98.4 Å². The van der Waals surface area contributed by atoms with Crippen LogP contribution in [0.25, 0.3) is 0 Å². The van der Waals surface area contributed by atoms with Gasteiger partial charge in [-0.25, -0.2) is 0 Å². The second kappa shape index (κ2) is 5.09. The molecule has 0 unspecified atom stereocenters. The van der Waals surface area contributed by atoms with Crippen molar-refractivity contribution in [2.45, 2.75) is 6.92 Å². The van der Waals surface area contributed by atoms with Gasteiger partial charge in [0.1, 0.15) is 0 Å². The van der Waals surface area contributed by atoms with Crippen LogP contribution in [0.3, 0.4) is 0 Å². The molecule has 2 aromatic rings. The van der Waals surface area contributed by atoms with Crippen LogP contribution in [0.5, 0.6) is 0 Å². The molecule has 1 heteroatoms. The van der Waals surface area contributed by atoms with Gasteiger partial charge in [-0.05, 0) is 30.8 Å². The molecule has 0 nitrogen and oxygen atoms in total. The molecule has 0 fully saturated rings. The first-order chi connectivity index (χ1) is 7.79. The molecule has 0 N–H and O–H groups in total. The molecule has 0 amide bonds. The van der Waals surface area contributed by atoms with Crippen molar-refractivity contribution in [1.29, 1.82) is 0 Å². The van der Waals surface area contributed by atoms with Gasteiger partial charge in [-0.3, -0.25) is 0 Å². The zero-order valence-electron chi connectivity index (χ0n) is 9.43. The van der Waals surface area contributed by atoms with E-state index in [0.29, 0.717) is 0 Å². The van der Waals surface area contributed by atoms with Gasteiger partial charge in [0.15, 0.2) is 0 Å². The highest BCUT2D eigenvalue weighted by Crippen LogP contribution is 2.40. The maximum Gasteiger partial charge on any atom is -0.0154 e. The molecule has 16 heavy (non-hydrogen) atoms. The molecule has 2 aromatic carbocycles. The average Bonchev–Trinajstić information content (AvgIpc) is 2.31. The third kappa shape index (κ3) is 2.40. The summed E-state index contributed by atoms with van der Waals surface area (Å²) in [5.74, 6) is 0. The summed E-state index contributed by atoms with van der Waals surface area (Å²) in [6.45, 7) is 6.25.